The smallest absolute Gasteiger partial charge is 0.220 e. The molecule has 0 spiro atoms. The van der Waals surface area contributed by atoms with Crippen LogP contribution in [0.15, 0.2) is 72.8 Å². The first-order valence-electron chi connectivity index (χ1n) is 14.9. The quantitative estimate of drug-likeness (QED) is 0.161. The first kappa shape index (κ1) is 32.0. The topological polar surface area (TPSA) is 97.3 Å². The van der Waals surface area contributed by atoms with Crippen molar-refractivity contribution in [1.82, 2.24) is 10.2 Å². The van der Waals surface area contributed by atoms with Crippen LogP contribution in [0, 0.1) is 5.82 Å². The molecule has 9 heteroatoms. The Labute approximate surface area is 252 Å². The number of carbonyl (C=O) groups excluding carboxylic acids is 2. The molecule has 4 rings (SSSR count). The van der Waals surface area contributed by atoms with E-state index >= 15 is 0 Å². The van der Waals surface area contributed by atoms with Crippen molar-refractivity contribution in [2.45, 2.75) is 50.7 Å². The number of ketones is 1. The number of nitrogens with one attached hydrogen (secondary N) is 1. The number of nitrogens with zero attached hydrogens (tertiary/aromatic N) is 1. The number of unbranched alkanes of at least 4 members (excludes halogenated alkanes) is 1. The number of Topliss-reactive ketones (excluding diaryl/α,β-unsaturated/α-hetero) is 1. The Morgan fingerprint density at radius 2 is 1.53 bits per heavy atom. The molecule has 1 aliphatic rings. The maximum absolute atomic E-state index is 13.7. The molecule has 1 heterocycles. The van der Waals surface area contributed by atoms with Gasteiger partial charge in [-0.2, -0.15) is 0 Å². The van der Waals surface area contributed by atoms with Gasteiger partial charge >= 0.3 is 0 Å². The summed E-state index contributed by atoms with van der Waals surface area (Å²) in [7, 11) is 1.58. The van der Waals surface area contributed by atoms with E-state index in [0.717, 1.165) is 25.9 Å². The number of hydrogen-bond donors (Lipinski definition) is 2. The number of benzene rings is 3. The van der Waals surface area contributed by atoms with Crippen LogP contribution in [-0.4, -0.2) is 67.7 Å². The lowest BCUT2D eigenvalue weighted by atomic mass is 10.0. The molecule has 8 nitrogen and oxygen atoms in total. The molecule has 1 fully saturated rings. The van der Waals surface area contributed by atoms with E-state index in [1.165, 1.54) is 6.07 Å². The number of halogens is 1. The van der Waals surface area contributed by atoms with Gasteiger partial charge in [-0.25, -0.2) is 4.39 Å². The average molecular weight is 593 g/mol. The summed E-state index contributed by atoms with van der Waals surface area (Å²) in [6.07, 6.45) is 3.12. The van der Waals surface area contributed by atoms with Crippen LogP contribution in [0.5, 0.6) is 17.2 Å². The van der Waals surface area contributed by atoms with Gasteiger partial charge in [-0.15, -0.1) is 0 Å². The zero-order valence-corrected chi connectivity index (χ0v) is 24.7. The lowest BCUT2D eigenvalue weighted by Crippen LogP contribution is -2.46. The number of para-hydroxylation sites is 1. The monoisotopic (exact) mass is 592 g/mol. The molecule has 0 bridgehead atoms. The van der Waals surface area contributed by atoms with Crippen molar-refractivity contribution in [1.29, 1.82) is 0 Å². The fraction of sp³-hybridized carbons (Fsp3) is 0.412. The Bertz CT molecular complexity index is 1290. The van der Waals surface area contributed by atoms with E-state index in [0.29, 0.717) is 48.4 Å². The number of rotatable bonds is 17. The fourth-order valence-electron chi connectivity index (χ4n) is 5.11. The molecular formula is C34H41FN2O6. The van der Waals surface area contributed by atoms with Crippen molar-refractivity contribution >= 4 is 11.7 Å². The molecule has 2 atom stereocenters. The molecule has 0 unspecified atom stereocenters. The van der Waals surface area contributed by atoms with E-state index in [-0.39, 0.29) is 37.1 Å². The number of hydrogen-bond acceptors (Lipinski definition) is 7. The van der Waals surface area contributed by atoms with Gasteiger partial charge in [0, 0.05) is 24.9 Å². The molecule has 0 radical (unpaired) electrons. The van der Waals surface area contributed by atoms with Gasteiger partial charge in [0.15, 0.2) is 17.3 Å². The van der Waals surface area contributed by atoms with Gasteiger partial charge in [-0.1, -0.05) is 24.3 Å². The highest BCUT2D eigenvalue weighted by Gasteiger charge is 2.26. The van der Waals surface area contributed by atoms with Crippen molar-refractivity contribution in [2.24, 2.45) is 0 Å². The summed E-state index contributed by atoms with van der Waals surface area (Å²) in [5, 5.41) is 14.3. The Kier molecular flexibility index (Phi) is 12.4. The maximum atomic E-state index is 13.7. The summed E-state index contributed by atoms with van der Waals surface area (Å²) >= 11 is 0. The first-order chi connectivity index (χ1) is 20.9. The molecular weight excluding hydrogens is 551 g/mol. The predicted octanol–water partition coefficient (Wildman–Crippen LogP) is 5.35. The van der Waals surface area contributed by atoms with E-state index < -0.39 is 18.0 Å². The number of amides is 1. The van der Waals surface area contributed by atoms with Gasteiger partial charge in [-0.05, 0) is 92.9 Å². The second kappa shape index (κ2) is 16.6. The first-order valence-corrected chi connectivity index (χ1v) is 14.9. The van der Waals surface area contributed by atoms with E-state index in [2.05, 4.69) is 10.2 Å². The molecule has 3 aromatic rings. The van der Waals surface area contributed by atoms with E-state index in [4.69, 9.17) is 14.2 Å². The number of aliphatic hydroxyl groups excluding tert-OH is 1. The van der Waals surface area contributed by atoms with Crippen molar-refractivity contribution < 1.29 is 33.3 Å². The summed E-state index contributed by atoms with van der Waals surface area (Å²) < 4.78 is 29.9. The second-order valence-corrected chi connectivity index (χ2v) is 10.7. The largest absolute Gasteiger partial charge is 0.497 e. The third kappa shape index (κ3) is 10.1. The molecule has 0 saturated carbocycles. The van der Waals surface area contributed by atoms with Crippen molar-refractivity contribution in [2.75, 3.05) is 40.0 Å². The van der Waals surface area contributed by atoms with Crippen molar-refractivity contribution in [3.05, 3.63) is 89.7 Å². The SMILES string of the molecule is COc1ccc(C(=O)CCCCC(=O)N[C@H](CN2CCCC2)[C@H](O)c2ccc(OCCOc3ccccc3F)cc2)cc1. The molecule has 43 heavy (non-hydrogen) atoms. The van der Waals surface area contributed by atoms with Crippen LogP contribution in [0.4, 0.5) is 4.39 Å². The van der Waals surface area contributed by atoms with Crippen LogP contribution >= 0.6 is 0 Å². The van der Waals surface area contributed by atoms with Crippen LogP contribution in [0.3, 0.4) is 0 Å². The third-order valence-corrected chi connectivity index (χ3v) is 7.52. The summed E-state index contributed by atoms with van der Waals surface area (Å²) in [6.45, 7) is 2.84. The van der Waals surface area contributed by atoms with Crippen LogP contribution in [0.25, 0.3) is 0 Å². The number of likely N-dealkylation sites (tertiary alicyclic amines) is 1. The minimum Gasteiger partial charge on any atom is -0.497 e. The van der Waals surface area contributed by atoms with E-state index in [9.17, 15) is 19.1 Å². The number of carbonyl (C=O) groups is 2. The molecule has 1 amide bonds. The third-order valence-electron chi connectivity index (χ3n) is 7.52. The van der Waals surface area contributed by atoms with E-state index in [1.807, 2.05) is 0 Å². The Morgan fingerprint density at radius 3 is 2.23 bits per heavy atom. The minimum absolute atomic E-state index is 0.0374. The van der Waals surface area contributed by atoms with Crippen LogP contribution in [0.2, 0.25) is 0 Å². The Morgan fingerprint density at radius 1 is 0.884 bits per heavy atom. The zero-order valence-electron chi connectivity index (χ0n) is 24.7. The summed E-state index contributed by atoms with van der Waals surface area (Å²) in [6, 6.07) is 19.8. The highest BCUT2D eigenvalue weighted by atomic mass is 19.1. The Balaban J connectivity index is 1.24. The van der Waals surface area contributed by atoms with Gasteiger partial charge in [0.1, 0.15) is 30.8 Å². The van der Waals surface area contributed by atoms with Gasteiger partial charge in [0.2, 0.25) is 5.91 Å². The van der Waals surface area contributed by atoms with Gasteiger partial charge in [0.05, 0.1) is 13.2 Å². The predicted molar refractivity (Wildman–Crippen MR) is 162 cm³/mol. The normalized spacial score (nSPS) is 14.6. The maximum Gasteiger partial charge on any atom is 0.220 e. The number of ether oxygens (including phenoxy) is 3. The second-order valence-electron chi connectivity index (χ2n) is 10.7. The highest BCUT2D eigenvalue weighted by molar-refractivity contribution is 5.96. The standard InChI is InChI=1S/C34H41FN2O6/c1-41-27-16-12-25(13-17-27)31(38)9-3-5-11-33(39)36-30(24-37-20-6-7-21-37)34(40)26-14-18-28(19-15-26)42-22-23-43-32-10-4-2-8-29(32)35/h2,4,8,10,12-19,30,34,40H,3,5-7,9,11,20-24H2,1H3,(H,36,39)/t30-,34-/m1/s1. The van der Waals surface area contributed by atoms with E-state index in [1.54, 1.807) is 73.8 Å². The lowest BCUT2D eigenvalue weighted by molar-refractivity contribution is -0.123. The highest BCUT2D eigenvalue weighted by Crippen LogP contribution is 2.23. The van der Waals surface area contributed by atoms with Gasteiger partial charge in [0.25, 0.3) is 0 Å². The molecule has 0 aromatic heterocycles. The fourth-order valence-corrected chi connectivity index (χ4v) is 5.11. The van der Waals surface area contributed by atoms with Gasteiger partial charge in [-0.3, -0.25) is 9.59 Å². The van der Waals surface area contributed by atoms with Crippen molar-refractivity contribution in [3.63, 3.8) is 0 Å². The molecule has 230 valence electrons. The molecule has 0 aliphatic carbocycles. The molecule has 2 N–H and O–H groups in total. The summed E-state index contributed by atoms with van der Waals surface area (Å²) in [4.78, 5) is 27.6. The zero-order chi connectivity index (χ0) is 30.4. The van der Waals surface area contributed by atoms with Crippen LogP contribution in [0.1, 0.15) is 60.6 Å². The number of aliphatic hydroxyl groups is 1. The number of methoxy groups -OCH3 is 1. The average Bonchev–Trinajstić information content (AvgIpc) is 3.55. The van der Waals surface area contributed by atoms with Crippen molar-refractivity contribution in [3.8, 4) is 17.2 Å². The molecule has 1 saturated heterocycles. The lowest BCUT2D eigenvalue weighted by Gasteiger charge is -2.29. The summed E-state index contributed by atoms with van der Waals surface area (Å²) in [5.41, 5.74) is 1.30. The molecule has 1 aliphatic heterocycles. The Hall–Kier alpha value is -3.95. The minimum atomic E-state index is -0.903. The summed E-state index contributed by atoms with van der Waals surface area (Å²) in [5.74, 6) is 0.948. The van der Waals surface area contributed by atoms with Gasteiger partial charge < -0.3 is 29.5 Å². The van der Waals surface area contributed by atoms with Crippen LogP contribution in [-0.2, 0) is 4.79 Å². The molecule has 3 aromatic carbocycles. The van der Waals surface area contributed by atoms with Crippen LogP contribution < -0.4 is 19.5 Å².